The van der Waals surface area contributed by atoms with Gasteiger partial charge in [-0.1, -0.05) is 30.7 Å². The molecule has 21 heavy (non-hydrogen) atoms. The molecule has 0 aromatic heterocycles. The first-order valence-electron chi connectivity index (χ1n) is 7.29. The molecule has 0 heterocycles. The van der Waals surface area contributed by atoms with Crippen LogP contribution in [0.25, 0.3) is 0 Å². The van der Waals surface area contributed by atoms with Crippen LogP contribution in [-0.2, 0) is 0 Å². The molecule has 0 saturated carbocycles. The minimum atomic E-state index is 0.234. The molecule has 2 aromatic rings. The van der Waals surface area contributed by atoms with Crippen LogP contribution in [0.15, 0.2) is 36.4 Å². The van der Waals surface area contributed by atoms with E-state index in [0.717, 1.165) is 28.6 Å². The Balaban J connectivity index is 2.18. The number of nitrogens with one attached hydrogen (secondary N) is 1. The zero-order valence-corrected chi connectivity index (χ0v) is 13.8. The van der Waals surface area contributed by atoms with Gasteiger partial charge in [-0.15, -0.1) is 0 Å². The zero-order chi connectivity index (χ0) is 15.4. The average molecular weight is 304 g/mol. The van der Waals surface area contributed by atoms with E-state index in [2.05, 4.69) is 39.1 Å². The Hall–Kier alpha value is -1.51. The molecule has 1 atom stereocenters. The van der Waals surface area contributed by atoms with Crippen molar-refractivity contribution >= 4 is 11.6 Å². The summed E-state index contributed by atoms with van der Waals surface area (Å²) in [6, 6.07) is 12.2. The quantitative estimate of drug-likeness (QED) is 0.796. The summed E-state index contributed by atoms with van der Waals surface area (Å²) < 4.78 is 5.88. The van der Waals surface area contributed by atoms with Crippen LogP contribution in [0.2, 0.25) is 5.02 Å². The molecule has 0 spiro atoms. The van der Waals surface area contributed by atoms with E-state index in [0.29, 0.717) is 0 Å². The second-order valence-electron chi connectivity index (χ2n) is 5.31. The molecular weight excluding hydrogens is 282 g/mol. The molecule has 3 heteroatoms. The van der Waals surface area contributed by atoms with Crippen LogP contribution in [-0.4, -0.2) is 6.54 Å². The Morgan fingerprint density at radius 1 is 1.05 bits per heavy atom. The van der Waals surface area contributed by atoms with Crippen LogP contribution >= 0.6 is 11.6 Å². The fourth-order valence-corrected chi connectivity index (χ4v) is 2.59. The predicted octanol–water partition coefficient (Wildman–Crippen LogP) is 5.42. The molecule has 112 valence electrons. The van der Waals surface area contributed by atoms with Gasteiger partial charge in [0.25, 0.3) is 0 Å². The molecule has 0 aliphatic heterocycles. The fourth-order valence-electron chi connectivity index (χ4n) is 2.25. The average Bonchev–Trinajstić information content (AvgIpc) is 2.43. The van der Waals surface area contributed by atoms with Gasteiger partial charge in [-0.25, -0.2) is 0 Å². The SMILES string of the molecule is CCNC(C)c1ccc(Oc2ccc(C)c(C)c2)cc1Cl. The zero-order valence-electron chi connectivity index (χ0n) is 13.0. The standard InChI is InChI=1S/C18H22ClNO/c1-5-20-14(4)17-9-8-16(11-18(17)19)21-15-7-6-12(2)13(3)10-15/h6-11,14,20H,5H2,1-4H3. The van der Waals surface area contributed by atoms with Crippen LogP contribution in [0.1, 0.15) is 36.6 Å². The van der Waals surface area contributed by atoms with Crippen molar-refractivity contribution in [2.24, 2.45) is 0 Å². The smallest absolute Gasteiger partial charge is 0.128 e. The monoisotopic (exact) mass is 303 g/mol. The Labute approximate surface area is 132 Å². The number of halogens is 1. The van der Waals surface area contributed by atoms with E-state index >= 15 is 0 Å². The molecule has 1 unspecified atom stereocenters. The van der Waals surface area contributed by atoms with Crippen LogP contribution in [0.5, 0.6) is 11.5 Å². The molecule has 0 amide bonds. The Kier molecular flexibility index (Phi) is 5.27. The topological polar surface area (TPSA) is 21.3 Å². The first kappa shape index (κ1) is 15.9. The maximum Gasteiger partial charge on any atom is 0.128 e. The van der Waals surface area contributed by atoms with E-state index in [1.807, 2.05) is 30.3 Å². The third kappa shape index (κ3) is 3.99. The molecule has 0 aliphatic rings. The van der Waals surface area contributed by atoms with Gasteiger partial charge in [0.15, 0.2) is 0 Å². The fraction of sp³-hybridized carbons (Fsp3) is 0.333. The van der Waals surface area contributed by atoms with E-state index < -0.39 is 0 Å². The van der Waals surface area contributed by atoms with E-state index in [9.17, 15) is 0 Å². The van der Waals surface area contributed by atoms with Gasteiger partial charge in [-0.2, -0.15) is 0 Å². The Morgan fingerprint density at radius 2 is 1.71 bits per heavy atom. The lowest BCUT2D eigenvalue weighted by Gasteiger charge is -2.15. The van der Waals surface area contributed by atoms with Crippen molar-refractivity contribution in [3.8, 4) is 11.5 Å². The van der Waals surface area contributed by atoms with Gasteiger partial charge in [-0.05, 0) is 68.3 Å². The van der Waals surface area contributed by atoms with Crippen LogP contribution in [0.4, 0.5) is 0 Å². The van der Waals surface area contributed by atoms with Crippen molar-refractivity contribution < 1.29 is 4.74 Å². The number of rotatable bonds is 5. The van der Waals surface area contributed by atoms with Crippen molar-refractivity contribution in [2.45, 2.75) is 33.7 Å². The van der Waals surface area contributed by atoms with Crippen molar-refractivity contribution in [2.75, 3.05) is 6.54 Å². The summed E-state index contributed by atoms with van der Waals surface area (Å²) in [6.45, 7) is 9.28. The highest BCUT2D eigenvalue weighted by molar-refractivity contribution is 6.31. The summed E-state index contributed by atoms with van der Waals surface area (Å²) >= 11 is 6.36. The molecular formula is C18H22ClNO. The van der Waals surface area contributed by atoms with E-state index in [-0.39, 0.29) is 6.04 Å². The number of benzene rings is 2. The van der Waals surface area contributed by atoms with Gasteiger partial charge in [0, 0.05) is 11.1 Å². The van der Waals surface area contributed by atoms with Crippen molar-refractivity contribution in [3.63, 3.8) is 0 Å². The first-order valence-corrected chi connectivity index (χ1v) is 7.67. The largest absolute Gasteiger partial charge is 0.457 e. The minimum absolute atomic E-state index is 0.234. The molecule has 0 bridgehead atoms. The summed E-state index contributed by atoms with van der Waals surface area (Å²) in [5, 5.41) is 4.09. The third-order valence-electron chi connectivity index (χ3n) is 3.66. The molecule has 0 radical (unpaired) electrons. The maximum absolute atomic E-state index is 6.36. The second kappa shape index (κ2) is 6.97. The normalized spacial score (nSPS) is 12.2. The van der Waals surface area contributed by atoms with Crippen LogP contribution < -0.4 is 10.1 Å². The second-order valence-corrected chi connectivity index (χ2v) is 5.72. The summed E-state index contributed by atoms with van der Waals surface area (Å²) in [5.41, 5.74) is 3.57. The number of hydrogen-bond acceptors (Lipinski definition) is 2. The van der Waals surface area contributed by atoms with Crippen LogP contribution in [0, 0.1) is 13.8 Å². The lowest BCUT2D eigenvalue weighted by molar-refractivity contribution is 0.481. The first-order chi connectivity index (χ1) is 10.0. The summed E-state index contributed by atoms with van der Waals surface area (Å²) in [5.74, 6) is 1.59. The van der Waals surface area contributed by atoms with Crippen molar-refractivity contribution in [1.29, 1.82) is 0 Å². The number of aryl methyl sites for hydroxylation is 2. The summed E-state index contributed by atoms with van der Waals surface area (Å²) in [6.07, 6.45) is 0. The van der Waals surface area contributed by atoms with E-state index in [4.69, 9.17) is 16.3 Å². The lowest BCUT2D eigenvalue weighted by Crippen LogP contribution is -2.17. The van der Waals surface area contributed by atoms with E-state index in [1.165, 1.54) is 11.1 Å². The summed E-state index contributed by atoms with van der Waals surface area (Å²) in [4.78, 5) is 0. The molecule has 2 rings (SSSR count). The highest BCUT2D eigenvalue weighted by atomic mass is 35.5. The minimum Gasteiger partial charge on any atom is -0.457 e. The Bertz CT molecular complexity index is 625. The molecule has 2 nitrogen and oxygen atoms in total. The number of ether oxygens (including phenoxy) is 1. The summed E-state index contributed by atoms with van der Waals surface area (Å²) in [7, 11) is 0. The van der Waals surface area contributed by atoms with Crippen LogP contribution in [0.3, 0.4) is 0 Å². The lowest BCUT2D eigenvalue weighted by atomic mass is 10.1. The highest BCUT2D eigenvalue weighted by Crippen LogP contribution is 2.30. The van der Waals surface area contributed by atoms with Crippen molar-refractivity contribution in [1.82, 2.24) is 5.32 Å². The van der Waals surface area contributed by atoms with Gasteiger partial charge >= 0.3 is 0 Å². The molecule has 0 fully saturated rings. The predicted molar refractivity (Wildman–Crippen MR) is 89.5 cm³/mol. The molecule has 2 aromatic carbocycles. The van der Waals surface area contributed by atoms with Gasteiger partial charge in [0.05, 0.1) is 0 Å². The van der Waals surface area contributed by atoms with Gasteiger partial charge < -0.3 is 10.1 Å². The highest BCUT2D eigenvalue weighted by Gasteiger charge is 2.10. The third-order valence-corrected chi connectivity index (χ3v) is 3.99. The van der Waals surface area contributed by atoms with Gasteiger partial charge in [0.2, 0.25) is 0 Å². The van der Waals surface area contributed by atoms with E-state index in [1.54, 1.807) is 0 Å². The molecule has 0 saturated heterocycles. The van der Waals surface area contributed by atoms with Gasteiger partial charge in [0.1, 0.15) is 11.5 Å². The Morgan fingerprint density at radius 3 is 2.33 bits per heavy atom. The maximum atomic E-state index is 6.36. The number of hydrogen-bond donors (Lipinski definition) is 1. The molecule has 0 aliphatic carbocycles. The molecule has 1 N–H and O–H groups in total. The van der Waals surface area contributed by atoms with Crippen molar-refractivity contribution in [3.05, 3.63) is 58.1 Å². The van der Waals surface area contributed by atoms with Gasteiger partial charge in [-0.3, -0.25) is 0 Å².